The van der Waals surface area contributed by atoms with Gasteiger partial charge in [-0.2, -0.15) is 0 Å². The van der Waals surface area contributed by atoms with Gasteiger partial charge in [-0.15, -0.1) is 0 Å². The second kappa shape index (κ2) is 11.4. The highest BCUT2D eigenvalue weighted by Gasteiger charge is 2.15. The number of aromatic nitrogens is 2. The molecular weight excluding hydrogens is 613 g/mol. The molecule has 0 aliphatic rings. The largest absolute Gasteiger partial charge is 0.456 e. The second-order valence-electron chi connectivity index (χ2n) is 12.6. The predicted octanol–water partition coefficient (Wildman–Crippen LogP) is 12.6. The van der Waals surface area contributed by atoms with Crippen LogP contribution in [0.2, 0.25) is 0 Å². The average Bonchev–Trinajstić information content (AvgIpc) is 3.75. The zero-order valence-corrected chi connectivity index (χ0v) is 26.9. The highest BCUT2D eigenvalue weighted by molar-refractivity contribution is 6.09. The quantitative estimate of drug-likeness (QED) is 0.188. The van der Waals surface area contributed by atoms with Crippen LogP contribution in [0.25, 0.3) is 100 Å². The van der Waals surface area contributed by atoms with Crippen LogP contribution in [0.15, 0.2) is 179 Å². The molecule has 0 aliphatic heterocycles. The summed E-state index contributed by atoms with van der Waals surface area (Å²) >= 11 is 0. The van der Waals surface area contributed by atoms with E-state index in [4.69, 9.17) is 18.8 Å². The SMILES string of the molecule is c1ccc(-c2ccc3oc4cc(-c5ccc6c(c5)oc5cc(-c7nc(-c8ccccc8)cc(-c8ccccc8)n7)ccc56)ccc4c3c2)cc1. The van der Waals surface area contributed by atoms with Gasteiger partial charge in [0.05, 0.1) is 11.4 Å². The molecule has 10 aromatic rings. The Morgan fingerprint density at radius 3 is 1.26 bits per heavy atom. The third kappa shape index (κ3) is 4.85. The molecule has 0 amide bonds. The van der Waals surface area contributed by atoms with E-state index in [1.54, 1.807) is 0 Å². The molecule has 0 fully saturated rings. The molecule has 3 aromatic heterocycles. The van der Waals surface area contributed by atoms with Crippen molar-refractivity contribution in [2.75, 3.05) is 0 Å². The number of rotatable bonds is 5. The summed E-state index contributed by atoms with van der Waals surface area (Å²) in [7, 11) is 0. The summed E-state index contributed by atoms with van der Waals surface area (Å²) in [5.41, 5.74) is 12.6. The van der Waals surface area contributed by atoms with E-state index in [-0.39, 0.29) is 0 Å². The van der Waals surface area contributed by atoms with Gasteiger partial charge in [0.15, 0.2) is 5.82 Å². The van der Waals surface area contributed by atoms with Crippen LogP contribution in [0.3, 0.4) is 0 Å². The lowest BCUT2D eigenvalue weighted by atomic mass is 10.00. The summed E-state index contributed by atoms with van der Waals surface area (Å²) < 4.78 is 12.9. The molecule has 0 aliphatic carbocycles. The zero-order valence-electron chi connectivity index (χ0n) is 26.9. The molecule has 50 heavy (non-hydrogen) atoms. The Balaban J connectivity index is 1.03. The fourth-order valence-corrected chi connectivity index (χ4v) is 6.95. The van der Waals surface area contributed by atoms with E-state index in [0.717, 1.165) is 83.1 Å². The van der Waals surface area contributed by atoms with E-state index in [1.807, 2.05) is 42.5 Å². The molecule has 0 bridgehead atoms. The summed E-state index contributed by atoms with van der Waals surface area (Å²) in [6.07, 6.45) is 0. The van der Waals surface area contributed by atoms with Gasteiger partial charge in [0.2, 0.25) is 0 Å². The molecule has 0 saturated heterocycles. The van der Waals surface area contributed by atoms with E-state index in [0.29, 0.717) is 5.82 Å². The number of hydrogen-bond acceptors (Lipinski definition) is 4. The van der Waals surface area contributed by atoms with Crippen LogP contribution < -0.4 is 0 Å². The van der Waals surface area contributed by atoms with Crippen LogP contribution in [0, 0.1) is 0 Å². The maximum Gasteiger partial charge on any atom is 0.160 e. The van der Waals surface area contributed by atoms with Crippen LogP contribution in [0.1, 0.15) is 0 Å². The van der Waals surface area contributed by atoms with Gasteiger partial charge < -0.3 is 8.83 Å². The van der Waals surface area contributed by atoms with Crippen molar-refractivity contribution in [2.24, 2.45) is 0 Å². The minimum atomic E-state index is 0.656. The smallest absolute Gasteiger partial charge is 0.160 e. The van der Waals surface area contributed by atoms with Gasteiger partial charge in [-0.05, 0) is 76.9 Å². The molecule has 3 heterocycles. The Morgan fingerprint density at radius 1 is 0.280 bits per heavy atom. The molecule has 234 valence electrons. The minimum Gasteiger partial charge on any atom is -0.456 e. The fraction of sp³-hybridized carbons (Fsp3) is 0. The maximum atomic E-state index is 6.52. The topological polar surface area (TPSA) is 52.1 Å². The summed E-state index contributed by atoms with van der Waals surface area (Å²) in [6, 6.07) is 58.5. The first kappa shape index (κ1) is 28.3. The molecule has 10 rings (SSSR count). The molecule has 4 nitrogen and oxygen atoms in total. The van der Waals surface area contributed by atoms with E-state index in [9.17, 15) is 0 Å². The van der Waals surface area contributed by atoms with Gasteiger partial charge in [0.25, 0.3) is 0 Å². The van der Waals surface area contributed by atoms with Crippen molar-refractivity contribution >= 4 is 43.9 Å². The number of fused-ring (bicyclic) bond motifs is 6. The third-order valence-electron chi connectivity index (χ3n) is 9.51. The van der Waals surface area contributed by atoms with Gasteiger partial charge in [0, 0.05) is 38.2 Å². The van der Waals surface area contributed by atoms with Crippen LogP contribution >= 0.6 is 0 Å². The Kier molecular flexibility index (Phi) is 6.46. The van der Waals surface area contributed by atoms with E-state index < -0.39 is 0 Å². The van der Waals surface area contributed by atoms with Crippen molar-refractivity contribution in [3.8, 4) is 56.2 Å². The molecule has 0 N–H and O–H groups in total. The number of benzene rings is 7. The first-order valence-corrected chi connectivity index (χ1v) is 16.7. The van der Waals surface area contributed by atoms with Crippen molar-refractivity contribution in [2.45, 2.75) is 0 Å². The third-order valence-corrected chi connectivity index (χ3v) is 9.51. The number of hydrogen-bond donors (Lipinski definition) is 0. The van der Waals surface area contributed by atoms with Gasteiger partial charge in [-0.25, -0.2) is 9.97 Å². The summed E-state index contributed by atoms with van der Waals surface area (Å²) in [5.74, 6) is 0.656. The van der Waals surface area contributed by atoms with E-state index in [1.165, 1.54) is 11.1 Å². The van der Waals surface area contributed by atoms with Gasteiger partial charge in [0.1, 0.15) is 22.3 Å². The van der Waals surface area contributed by atoms with Gasteiger partial charge in [-0.3, -0.25) is 0 Å². The molecular formula is C46H28N2O2. The maximum absolute atomic E-state index is 6.52. The minimum absolute atomic E-state index is 0.656. The van der Waals surface area contributed by atoms with Crippen LogP contribution in [-0.4, -0.2) is 9.97 Å². The van der Waals surface area contributed by atoms with Crippen molar-refractivity contribution in [3.63, 3.8) is 0 Å². The van der Waals surface area contributed by atoms with Crippen molar-refractivity contribution in [1.82, 2.24) is 9.97 Å². The zero-order chi connectivity index (χ0) is 33.0. The first-order chi connectivity index (χ1) is 24.7. The molecule has 0 spiro atoms. The first-order valence-electron chi connectivity index (χ1n) is 16.7. The van der Waals surface area contributed by atoms with Crippen LogP contribution in [-0.2, 0) is 0 Å². The van der Waals surface area contributed by atoms with Crippen molar-refractivity contribution in [1.29, 1.82) is 0 Å². The van der Waals surface area contributed by atoms with E-state index in [2.05, 4.69) is 127 Å². The lowest BCUT2D eigenvalue weighted by molar-refractivity contribution is 0.668. The number of nitrogens with zero attached hydrogens (tertiary/aromatic N) is 2. The molecule has 0 unspecified atom stereocenters. The monoisotopic (exact) mass is 640 g/mol. The molecule has 7 aromatic carbocycles. The molecule has 4 heteroatoms. The van der Waals surface area contributed by atoms with E-state index >= 15 is 0 Å². The Bertz CT molecular complexity index is 2800. The second-order valence-corrected chi connectivity index (χ2v) is 12.6. The van der Waals surface area contributed by atoms with Crippen LogP contribution in [0.4, 0.5) is 0 Å². The lowest BCUT2D eigenvalue weighted by Crippen LogP contribution is -1.95. The standard InChI is InChI=1S/C46H28N2O2/c1-4-10-29(11-5-1)32-19-23-42-39(24-32)38-21-17-34(26-44(38)49-42)33-16-20-36-37-22-18-35(27-45(37)50-43(36)25-33)46-47-40(30-12-6-2-7-13-30)28-41(48-46)31-14-8-3-9-15-31/h1-28H. The highest BCUT2D eigenvalue weighted by Crippen LogP contribution is 2.38. The Hall–Kier alpha value is -6.78. The fourth-order valence-electron chi connectivity index (χ4n) is 6.95. The summed E-state index contributed by atoms with van der Waals surface area (Å²) in [6.45, 7) is 0. The normalized spacial score (nSPS) is 11.6. The molecule has 0 saturated carbocycles. The van der Waals surface area contributed by atoms with Crippen LogP contribution in [0.5, 0.6) is 0 Å². The summed E-state index contributed by atoms with van der Waals surface area (Å²) in [4.78, 5) is 10.0. The number of furan rings is 2. The highest BCUT2D eigenvalue weighted by atomic mass is 16.3. The van der Waals surface area contributed by atoms with Gasteiger partial charge in [-0.1, -0.05) is 115 Å². The Labute approximate surface area is 287 Å². The molecule has 0 atom stereocenters. The lowest BCUT2D eigenvalue weighted by Gasteiger charge is -2.09. The Morgan fingerprint density at radius 2 is 0.700 bits per heavy atom. The van der Waals surface area contributed by atoms with Crippen molar-refractivity contribution < 1.29 is 8.83 Å². The van der Waals surface area contributed by atoms with Gasteiger partial charge >= 0.3 is 0 Å². The molecule has 0 radical (unpaired) electrons. The van der Waals surface area contributed by atoms with Crippen molar-refractivity contribution in [3.05, 3.63) is 170 Å². The predicted molar refractivity (Wildman–Crippen MR) is 204 cm³/mol. The summed E-state index contributed by atoms with van der Waals surface area (Å²) in [5, 5.41) is 4.34. The average molecular weight is 641 g/mol.